The minimum Gasteiger partial charge on any atom is -0.341 e. The summed E-state index contributed by atoms with van der Waals surface area (Å²) < 4.78 is 14.5. The molecule has 0 spiro atoms. The Kier molecular flexibility index (Phi) is 3.29. The summed E-state index contributed by atoms with van der Waals surface area (Å²) in [7, 11) is 0. The summed E-state index contributed by atoms with van der Waals surface area (Å²) in [5.74, 6) is -0.199. The highest BCUT2D eigenvalue weighted by atomic mass is 79.9. The van der Waals surface area contributed by atoms with Crippen LogP contribution in [0.15, 0.2) is 40.9 Å². The van der Waals surface area contributed by atoms with E-state index in [0.717, 1.165) is 34.4 Å². The van der Waals surface area contributed by atoms with Crippen LogP contribution >= 0.6 is 15.9 Å². The molecule has 0 saturated carbocycles. The predicted octanol–water partition coefficient (Wildman–Crippen LogP) is 3.74. The van der Waals surface area contributed by atoms with E-state index in [2.05, 4.69) is 20.8 Å². The third kappa shape index (κ3) is 2.26. The molecule has 2 aromatic rings. The summed E-state index contributed by atoms with van der Waals surface area (Å²) in [5.41, 5.74) is 10.1. The summed E-state index contributed by atoms with van der Waals surface area (Å²) in [6.07, 6.45) is 0.937. The fraction of sp³-hybridized carbons (Fsp3) is 0.200. The smallest absolute Gasteiger partial charge is 0.125 e. The third-order valence-corrected chi connectivity index (χ3v) is 3.99. The van der Waals surface area contributed by atoms with Gasteiger partial charge in [-0.1, -0.05) is 28.1 Å². The van der Waals surface area contributed by atoms with E-state index < -0.39 is 0 Å². The normalized spacial score (nSPS) is 13.7. The lowest BCUT2D eigenvalue weighted by Gasteiger charge is -2.23. The van der Waals surface area contributed by atoms with Gasteiger partial charge in [-0.25, -0.2) is 4.39 Å². The molecule has 0 aliphatic carbocycles. The Morgan fingerprint density at radius 2 is 2.00 bits per heavy atom. The van der Waals surface area contributed by atoms with Crippen molar-refractivity contribution in [3.63, 3.8) is 0 Å². The maximum atomic E-state index is 13.5. The first-order chi connectivity index (χ1) is 9.19. The molecule has 2 nitrogen and oxygen atoms in total. The first-order valence-corrected chi connectivity index (χ1v) is 7.03. The number of nitrogens with zero attached hydrogens (tertiary/aromatic N) is 1. The SMILES string of the molecule is NCc1ccc(Br)cc1N1CCc2ccc(F)cc21. The number of hydrogen-bond acceptors (Lipinski definition) is 2. The molecule has 0 bridgehead atoms. The van der Waals surface area contributed by atoms with Gasteiger partial charge in [-0.2, -0.15) is 0 Å². The fourth-order valence-electron chi connectivity index (χ4n) is 2.56. The average Bonchev–Trinajstić information content (AvgIpc) is 2.81. The Balaban J connectivity index is 2.10. The number of anilines is 2. The molecule has 2 aromatic carbocycles. The molecule has 0 radical (unpaired) electrons. The van der Waals surface area contributed by atoms with Crippen LogP contribution in [0.5, 0.6) is 0 Å². The van der Waals surface area contributed by atoms with Gasteiger partial charge in [-0.05, 0) is 41.8 Å². The van der Waals surface area contributed by atoms with Crippen LogP contribution in [0, 0.1) is 5.82 Å². The highest BCUT2D eigenvalue weighted by Crippen LogP contribution is 2.37. The Morgan fingerprint density at radius 1 is 1.16 bits per heavy atom. The molecule has 1 heterocycles. The van der Waals surface area contributed by atoms with Crippen LogP contribution in [0.4, 0.5) is 15.8 Å². The van der Waals surface area contributed by atoms with Gasteiger partial charge >= 0.3 is 0 Å². The first kappa shape index (κ1) is 12.6. The molecule has 1 aliphatic rings. The summed E-state index contributed by atoms with van der Waals surface area (Å²) in [5, 5.41) is 0. The van der Waals surface area contributed by atoms with Gasteiger partial charge in [-0.3, -0.25) is 0 Å². The molecule has 0 amide bonds. The monoisotopic (exact) mass is 320 g/mol. The Hall–Kier alpha value is -1.39. The van der Waals surface area contributed by atoms with Gasteiger partial charge in [0, 0.05) is 28.9 Å². The van der Waals surface area contributed by atoms with Crippen molar-refractivity contribution >= 4 is 27.3 Å². The Morgan fingerprint density at radius 3 is 2.79 bits per heavy atom. The van der Waals surface area contributed by atoms with Crippen LogP contribution in [-0.4, -0.2) is 6.54 Å². The molecule has 3 rings (SSSR count). The molecule has 4 heteroatoms. The van der Waals surface area contributed by atoms with E-state index >= 15 is 0 Å². The van der Waals surface area contributed by atoms with Crippen molar-refractivity contribution in [3.8, 4) is 0 Å². The maximum absolute atomic E-state index is 13.5. The average molecular weight is 321 g/mol. The van der Waals surface area contributed by atoms with Crippen molar-refractivity contribution in [2.24, 2.45) is 5.73 Å². The molecule has 0 saturated heterocycles. The summed E-state index contributed by atoms with van der Waals surface area (Å²) in [6.45, 7) is 1.34. The highest BCUT2D eigenvalue weighted by molar-refractivity contribution is 9.10. The van der Waals surface area contributed by atoms with Crippen LogP contribution in [0.2, 0.25) is 0 Å². The van der Waals surface area contributed by atoms with Gasteiger partial charge in [0.15, 0.2) is 0 Å². The molecule has 0 unspecified atom stereocenters. The number of nitrogens with two attached hydrogens (primary N) is 1. The van der Waals surface area contributed by atoms with Crippen molar-refractivity contribution in [3.05, 3.63) is 57.8 Å². The van der Waals surface area contributed by atoms with Crippen molar-refractivity contribution < 1.29 is 4.39 Å². The number of benzene rings is 2. The number of fused-ring (bicyclic) bond motifs is 1. The van der Waals surface area contributed by atoms with Gasteiger partial charge < -0.3 is 10.6 Å². The molecule has 0 aromatic heterocycles. The van der Waals surface area contributed by atoms with Gasteiger partial charge in [0.25, 0.3) is 0 Å². The van der Waals surface area contributed by atoms with E-state index in [1.807, 2.05) is 24.3 Å². The summed E-state index contributed by atoms with van der Waals surface area (Å²) in [4.78, 5) is 2.14. The van der Waals surface area contributed by atoms with Crippen molar-refractivity contribution in [2.45, 2.75) is 13.0 Å². The van der Waals surface area contributed by atoms with E-state index in [-0.39, 0.29) is 5.82 Å². The molecular formula is C15H14BrFN2. The Bertz CT molecular complexity index is 628. The van der Waals surface area contributed by atoms with Gasteiger partial charge in [0.1, 0.15) is 5.82 Å². The van der Waals surface area contributed by atoms with E-state index in [4.69, 9.17) is 5.73 Å². The quantitative estimate of drug-likeness (QED) is 0.913. The summed E-state index contributed by atoms with van der Waals surface area (Å²) in [6, 6.07) is 11.0. The standard InChI is InChI=1S/C15H14BrFN2/c16-12-3-1-11(9-18)14(7-12)19-6-5-10-2-4-13(17)8-15(10)19/h1-4,7-8H,5-6,9,18H2. The fourth-order valence-corrected chi connectivity index (χ4v) is 2.91. The largest absolute Gasteiger partial charge is 0.341 e. The van der Waals surface area contributed by atoms with E-state index in [1.165, 1.54) is 11.6 Å². The molecule has 1 aliphatic heterocycles. The number of rotatable bonds is 2. The number of halogens is 2. The zero-order valence-corrected chi connectivity index (χ0v) is 12.0. The topological polar surface area (TPSA) is 29.3 Å². The Labute approximate surface area is 120 Å². The van der Waals surface area contributed by atoms with E-state index in [1.54, 1.807) is 6.07 Å². The predicted molar refractivity (Wildman–Crippen MR) is 79.1 cm³/mol. The molecule has 2 N–H and O–H groups in total. The lowest BCUT2D eigenvalue weighted by atomic mass is 10.1. The minimum absolute atomic E-state index is 0.199. The van der Waals surface area contributed by atoms with Gasteiger partial charge in [0.2, 0.25) is 0 Å². The maximum Gasteiger partial charge on any atom is 0.125 e. The van der Waals surface area contributed by atoms with Crippen LogP contribution < -0.4 is 10.6 Å². The second-order valence-corrected chi connectivity index (χ2v) is 5.57. The van der Waals surface area contributed by atoms with E-state index in [0.29, 0.717) is 6.54 Å². The third-order valence-electron chi connectivity index (χ3n) is 3.50. The second-order valence-electron chi connectivity index (χ2n) is 4.65. The van der Waals surface area contributed by atoms with E-state index in [9.17, 15) is 4.39 Å². The van der Waals surface area contributed by atoms with Crippen molar-refractivity contribution in [2.75, 3.05) is 11.4 Å². The lowest BCUT2D eigenvalue weighted by Crippen LogP contribution is -2.16. The molecule has 98 valence electrons. The zero-order valence-electron chi connectivity index (χ0n) is 10.4. The van der Waals surface area contributed by atoms with Crippen molar-refractivity contribution in [1.82, 2.24) is 0 Å². The van der Waals surface area contributed by atoms with Crippen LogP contribution in [0.1, 0.15) is 11.1 Å². The number of hydrogen-bond donors (Lipinski definition) is 1. The molecule has 0 fully saturated rings. The molecule has 19 heavy (non-hydrogen) atoms. The molecule has 0 atom stereocenters. The molecular weight excluding hydrogens is 307 g/mol. The minimum atomic E-state index is -0.199. The lowest BCUT2D eigenvalue weighted by molar-refractivity contribution is 0.628. The van der Waals surface area contributed by atoms with Crippen LogP contribution in [-0.2, 0) is 13.0 Å². The summed E-state index contributed by atoms with van der Waals surface area (Å²) >= 11 is 3.49. The zero-order chi connectivity index (χ0) is 13.4. The second kappa shape index (κ2) is 4.94. The highest BCUT2D eigenvalue weighted by Gasteiger charge is 2.22. The van der Waals surface area contributed by atoms with Crippen LogP contribution in [0.25, 0.3) is 0 Å². The van der Waals surface area contributed by atoms with Gasteiger partial charge in [0.05, 0.1) is 0 Å². The first-order valence-electron chi connectivity index (χ1n) is 6.23. The van der Waals surface area contributed by atoms with Crippen LogP contribution in [0.3, 0.4) is 0 Å². The van der Waals surface area contributed by atoms with Crippen molar-refractivity contribution in [1.29, 1.82) is 0 Å². The van der Waals surface area contributed by atoms with Gasteiger partial charge in [-0.15, -0.1) is 0 Å².